The molecule has 0 aliphatic rings. The van der Waals surface area contributed by atoms with Crippen molar-refractivity contribution in [3.8, 4) is 0 Å². The molecule has 0 aromatic heterocycles. The summed E-state index contributed by atoms with van der Waals surface area (Å²) in [7, 11) is 0. The molecule has 1 nitrogen and oxygen atoms in total. The summed E-state index contributed by atoms with van der Waals surface area (Å²) < 4.78 is 0. The van der Waals surface area contributed by atoms with Gasteiger partial charge in [0.1, 0.15) is 0 Å². The maximum Gasteiger partial charge on any atom is 1.00 e. The van der Waals surface area contributed by atoms with Crippen molar-refractivity contribution < 1.29 is 35.0 Å². The minimum atomic E-state index is -1.22. The van der Waals surface area contributed by atoms with Crippen LogP contribution in [0.25, 0.3) is 0 Å². The van der Waals surface area contributed by atoms with Gasteiger partial charge < -0.3 is 17.7 Å². The molecule has 0 atom stereocenters. The van der Waals surface area contributed by atoms with Gasteiger partial charge in [-0.15, -0.1) is 11.8 Å². The van der Waals surface area contributed by atoms with Gasteiger partial charge in [0.25, 0.3) is 0 Å². The predicted molar refractivity (Wildman–Crippen MR) is 37.1 cm³/mol. The SMILES string of the molecule is CP(C)(=S)[S-].O.[Na+]. The zero-order valence-corrected chi connectivity index (χ0v) is 9.29. The Labute approximate surface area is 77.0 Å². The Balaban J connectivity index is -0.0000000800. The summed E-state index contributed by atoms with van der Waals surface area (Å²) >= 11 is 9.50. The molecule has 7 heavy (non-hydrogen) atoms. The van der Waals surface area contributed by atoms with E-state index in [1.807, 2.05) is 13.3 Å². The van der Waals surface area contributed by atoms with Crippen LogP contribution in [0.2, 0.25) is 0 Å². The topological polar surface area (TPSA) is 31.5 Å². The molecule has 0 aromatic rings. The van der Waals surface area contributed by atoms with E-state index in [2.05, 4.69) is 0 Å². The molecule has 0 heterocycles. The first-order valence-electron chi connectivity index (χ1n) is 1.26. The molecule has 0 saturated heterocycles. The molecule has 40 valence electrons. The third-order valence-electron chi connectivity index (χ3n) is 0. The normalized spacial score (nSPS) is 8.43. The van der Waals surface area contributed by atoms with Gasteiger partial charge in [0.05, 0.1) is 0 Å². The van der Waals surface area contributed by atoms with Crippen LogP contribution in [0.15, 0.2) is 0 Å². The van der Waals surface area contributed by atoms with E-state index < -0.39 is 5.24 Å². The smallest absolute Gasteiger partial charge is 0.747 e. The van der Waals surface area contributed by atoms with Gasteiger partial charge in [-0.3, -0.25) is 0 Å². The summed E-state index contributed by atoms with van der Waals surface area (Å²) in [6.07, 6.45) is 0. The summed E-state index contributed by atoms with van der Waals surface area (Å²) in [5, 5.41) is -1.22. The first kappa shape index (κ1) is 16.0. The van der Waals surface area contributed by atoms with E-state index in [1.165, 1.54) is 0 Å². The Morgan fingerprint density at radius 3 is 1.43 bits per heavy atom. The second-order valence-electron chi connectivity index (χ2n) is 1.25. The van der Waals surface area contributed by atoms with Crippen molar-refractivity contribution in [3.63, 3.8) is 0 Å². The van der Waals surface area contributed by atoms with Crippen LogP contribution in [0.5, 0.6) is 0 Å². The van der Waals surface area contributed by atoms with Crippen LogP contribution in [0, 0.1) is 0 Å². The monoisotopic (exact) mass is 166 g/mol. The van der Waals surface area contributed by atoms with Crippen molar-refractivity contribution in [2.24, 2.45) is 0 Å². The van der Waals surface area contributed by atoms with Gasteiger partial charge in [-0.05, 0) is 0 Å². The van der Waals surface area contributed by atoms with Crippen molar-refractivity contribution in [1.82, 2.24) is 0 Å². The van der Waals surface area contributed by atoms with Gasteiger partial charge in [0, 0.05) is 0 Å². The van der Waals surface area contributed by atoms with Crippen molar-refractivity contribution >= 4 is 29.3 Å². The van der Waals surface area contributed by atoms with E-state index in [4.69, 9.17) is 24.1 Å². The molecular formula is C2H8NaOPS2. The molecule has 0 unspecified atom stereocenters. The molecule has 0 aliphatic carbocycles. The summed E-state index contributed by atoms with van der Waals surface area (Å²) in [6, 6.07) is 0. The molecule has 0 fully saturated rings. The first-order chi connectivity index (χ1) is 2.00. The predicted octanol–water partition coefficient (Wildman–Crippen LogP) is -2.63. The molecule has 0 radical (unpaired) electrons. The van der Waals surface area contributed by atoms with Gasteiger partial charge in [-0.1, -0.05) is 13.3 Å². The minimum absolute atomic E-state index is 0. The van der Waals surface area contributed by atoms with Gasteiger partial charge in [-0.2, -0.15) is 5.24 Å². The Hall–Kier alpha value is 1.96. The zero-order chi connectivity index (χ0) is 4.50. The number of hydrogen-bond donors (Lipinski definition) is 0. The second kappa shape index (κ2) is 6.09. The summed E-state index contributed by atoms with van der Waals surface area (Å²) in [5.74, 6) is 0. The Morgan fingerprint density at radius 2 is 1.43 bits per heavy atom. The third kappa shape index (κ3) is 73.6. The van der Waals surface area contributed by atoms with Crippen LogP contribution in [0.4, 0.5) is 0 Å². The fourth-order valence-corrected chi connectivity index (χ4v) is 0. The number of hydrogen-bond acceptors (Lipinski definition) is 2. The van der Waals surface area contributed by atoms with Crippen molar-refractivity contribution in [3.05, 3.63) is 0 Å². The second-order valence-corrected chi connectivity index (χ2v) is 9.93. The van der Waals surface area contributed by atoms with E-state index in [1.54, 1.807) is 0 Å². The van der Waals surface area contributed by atoms with E-state index in [0.717, 1.165) is 0 Å². The average molecular weight is 166 g/mol. The van der Waals surface area contributed by atoms with Crippen molar-refractivity contribution in [1.29, 1.82) is 0 Å². The maximum atomic E-state index is 4.75. The molecule has 0 rings (SSSR count). The Kier molecular flexibility index (Phi) is 13.9. The molecule has 0 aliphatic heterocycles. The molecule has 0 bridgehead atoms. The van der Waals surface area contributed by atoms with Crippen molar-refractivity contribution in [2.75, 3.05) is 13.3 Å². The first-order valence-corrected chi connectivity index (χ1v) is 5.97. The molecule has 0 aromatic carbocycles. The van der Waals surface area contributed by atoms with Crippen LogP contribution in [-0.4, -0.2) is 18.8 Å². The van der Waals surface area contributed by atoms with E-state index >= 15 is 0 Å². The maximum absolute atomic E-state index is 4.75. The van der Waals surface area contributed by atoms with Gasteiger partial charge in [0.15, 0.2) is 0 Å². The molecule has 2 N–H and O–H groups in total. The zero-order valence-electron chi connectivity index (χ0n) is 4.76. The van der Waals surface area contributed by atoms with E-state index in [0.29, 0.717) is 0 Å². The quantitative estimate of drug-likeness (QED) is 0.224. The Morgan fingerprint density at radius 1 is 1.43 bits per heavy atom. The average Bonchev–Trinajstić information content (AvgIpc) is 0.722. The van der Waals surface area contributed by atoms with E-state index in [-0.39, 0.29) is 35.0 Å². The molecule has 5 heteroatoms. The fourth-order valence-electron chi connectivity index (χ4n) is 0. The standard InChI is InChI=1S/C2H7PS2.Na.H2O/c1-3(2,4)5;;/h1-2H3,(H,4,5);;1H2/q;+1;/p-1. The van der Waals surface area contributed by atoms with Crippen LogP contribution >= 0.6 is 5.24 Å². The third-order valence-corrected chi connectivity index (χ3v) is 0. The summed E-state index contributed by atoms with van der Waals surface area (Å²) in [6.45, 7) is 3.86. The molecule has 0 saturated carbocycles. The van der Waals surface area contributed by atoms with Crippen LogP contribution < -0.4 is 29.6 Å². The van der Waals surface area contributed by atoms with Gasteiger partial charge >= 0.3 is 29.6 Å². The number of rotatable bonds is 0. The van der Waals surface area contributed by atoms with Crippen LogP contribution in [-0.2, 0) is 24.1 Å². The van der Waals surface area contributed by atoms with Crippen molar-refractivity contribution in [2.45, 2.75) is 0 Å². The fraction of sp³-hybridized carbons (Fsp3) is 1.00. The summed E-state index contributed by atoms with van der Waals surface area (Å²) in [5.41, 5.74) is 0. The van der Waals surface area contributed by atoms with Crippen LogP contribution in [0.3, 0.4) is 0 Å². The molecule has 0 spiro atoms. The Bertz CT molecular complexity index is 61.8. The van der Waals surface area contributed by atoms with Gasteiger partial charge in [-0.25, -0.2) is 0 Å². The van der Waals surface area contributed by atoms with Crippen LogP contribution in [0.1, 0.15) is 0 Å². The minimum Gasteiger partial charge on any atom is -0.747 e. The molecular weight excluding hydrogens is 158 g/mol. The van der Waals surface area contributed by atoms with Gasteiger partial charge in [0.2, 0.25) is 0 Å². The molecule has 0 amide bonds. The summed E-state index contributed by atoms with van der Waals surface area (Å²) in [4.78, 5) is 0. The van der Waals surface area contributed by atoms with E-state index in [9.17, 15) is 0 Å². The largest absolute Gasteiger partial charge is 1.00 e.